The first kappa shape index (κ1) is 56.1. The second-order valence-corrected chi connectivity index (χ2v) is 21.5. The summed E-state index contributed by atoms with van der Waals surface area (Å²) in [5.41, 5.74) is -2.42. The lowest BCUT2D eigenvalue weighted by Crippen LogP contribution is -2.62. The van der Waals surface area contributed by atoms with Crippen molar-refractivity contribution in [2.45, 2.75) is 205 Å². The van der Waals surface area contributed by atoms with Gasteiger partial charge >= 0.3 is 5.97 Å². The average Bonchev–Trinajstić information content (AvgIpc) is 3.74. The molecule has 0 bridgehead atoms. The molecule has 0 amide bonds. The number of hydrogen-bond acceptors (Lipinski definition) is 16. The molecule has 4 heterocycles. The fourth-order valence-corrected chi connectivity index (χ4v) is 11.3. The maximum absolute atomic E-state index is 14.6. The molecule has 0 aliphatic carbocycles. The number of aromatic nitrogens is 3. The smallest absolute Gasteiger partial charge is 0.309 e. The number of esters is 1. The van der Waals surface area contributed by atoms with E-state index >= 15 is 0 Å². The molecule has 1 aromatic carbocycles. The third kappa shape index (κ3) is 13.4. The predicted octanol–water partition coefficient (Wildman–Crippen LogP) is 4.16. The highest BCUT2D eigenvalue weighted by Gasteiger charge is 2.55. The van der Waals surface area contributed by atoms with Gasteiger partial charge in [-0.15, -0.1) is 5.10 Å². The molecule has 0 spiro atoms. The summed E-state index contributed by atoms with van der Waals surface area (Å²) in [5, 5.41) is 68.7. The van der Waals surface area contributed by atoms with Crippen LogP contribution in [0.1, 0.15) is 113 Å². The third-order valence-electron chi connectivity index (χ3n) is 15.6. The van der Waals surface area contributed by atoms with Gasteiger partial charge in [-0.25, -0.2) is 0 Å². The topological polar surface area (TPSA) is 211 Å². The predicted molar refractivity (Wildman–Crippen MR) is 257 cm³/mol. The Morgan fingerprint density at radius 1 is 0.971 bits per heavy atom. The number of ether oxygens (including phenoxy) is 6. The van der Waals surface area contributed by atoms with Crippen molar-refractivity contribution in [2.75, 3.05) is 40.9 Å². The standard InChI is InChI=1S/C51H87N5O12/c1-15-41-51(11,62)44(58)35(7)55(13)28-31(3)26-49(9,61)46(33(5)42(34(6)47(60)67-41)40-27-50(10,63-14)45(59)36(8)66-40)68-48-43(57)39(25-32(4)65-48)54(12)23-21-37-29-56(53-52-37)22-16-24-64-38-19-17-30(2)18-20-38/h17-20,29,31-36,39-46,48,57-59,61-62H,15-16,21-28H2,1-14H3/t31-,32-,33+,34-,35-,36+,39+,40-,41-,42?,43-,44-,45+,46-,48+,49-,50-,51-/m1/s1. The zero-order chi connectivity index (χ0) is 50.5. The summed E-state index contributed by atoms with van der Waals surface area (Å²) in [4.78, 5) is 18.6. The molecular weight excluding hydrogens is 875 g/mol. The van der Waals surface area contributed by atoms with Crippen LogP contribution in [-0.4, -0.2) is 181 Å². The van der Waals surface area contributed by atoms with Gasteiger partial charge in [0.25, 0.3) is 0 Å². The first-order chi connectivity index (χ1) is 31.8. The summed E-state index contributed by atoms with van der Waals surface area (Å²) in [5.74, 6) is -2.24. The van der Waals surface area contributed by atoms with E-state index < -0.39 is 95.6 Å². The lowest BCUT2D eigenvalue weighted by atomic mass is 9.68. The minimum absolute atomic E-state index is 0.161. The number of cyclic esters (lactones) is 1. The van der Waals surface area contributed by atoms with Crippen LogP contribution >= 0.6 is 0 Å². The van der Waals surface area contributed by atoms with Crippen molar-refractivity contribution in [3.05, 3.63) is 41.7 Å². The molecule has 17 nitrogen and oxygen atoms in total. The van der Waals surface area contributed by atoms with E-state index in [1.165, 1.54) is 19.6 Å². The normalized spacial score (nSPS) is 40.6. The van der Waals surface area contributed by atoms with Gasteiger partial charge in [-0.2, -0.15) is 0 Å². The van der Waals surface area contributed by atoms with E-state index in [4.69, 9.17) is 28.4 Å². The molecule has 2 aromatic rings. The van der Waals surface area contributed by atoms with E-state index in [1.54, 1.807) is 27.7 Å². The zero-order valence-corrected chi connectivity index (χ0v) is 43.4. The van der Waals surface area contributed by atoms with E-state index in [9.17, 15) is 30.3 Å². The molecule has 3 aliphatic rings. The van der Waals surface area contributed by atoms with Gasteiger partial charge in [-0.1, -0.05) is 50.6 Å². The molecule has 5 rings (SSSR count). The zero-order valence-electron chi connectivity index (χ0n) is 43.4. The van der Waals surface area contributed by atoms with E-state index in [0.29, 0.717) is 39.1 Å². The molecule has 1 aromatic heterocycles. The number of benzene rings is 1. The number of methoxy groups -OCH3 is 1. The molecular formula is C51H87N5O12. The number of aliphatic hydroxyl groups is 5. The van der Waals surface area contributed by atoms with Crippen LogP contribution in [0.15, 0.2) is 30.5 Å². The molecule has 388 valence electrons. The van der Waals surface area contributed by atoms with Crippen molar-refractivity contribution in [1.82, 2.24) is 24.8 Å². The Balaban J connectivity index is 1.41. The van der Waals surface area contributed by atoms with Crippen molar-refractivity contribution in [1.29, 1.82) is 0 Å². The molecule has 5 N–H and O–H groups in total. The van der Waals surface area contributed by atoms with Crippen LogP contribution in [0.3, 0.4) is 0 Å². The molecule has 0 radical (unpaired) electrons. The molecule has 17 heteroatoms. The van der Waals surface area contributed by atoms with Gasteiger partial charge in [-0.3, -0.25) is 9.48 Å². The molecule has 3 saturated heterocycles. The van der Waals surface area contributed by atoms with Crippen molar-refractivity contribution in [3.63, 3.8) is 0 Å². The first-order valence-electron chi connectivity index (χ1n) is 25.0. The van der Waals surface area contributed by atoms with Gasteiger partial charge in [0.2, 0.25) is 0 Å². The number of likely N-dealkylation sites (N-methyl/N-ethyl adjacent to an activating group) is 2. The number of carbonyl (C=O) groups excluding carboxylic acids is 1. The highest BCUT2D eigenvalue weighted by Crippen LogP contribution is 2.45. The quantitative estimate of drug-likeness (QED) is 0.133. The summed E-state index contributed by atoms with van der Waals surface area (Å²) in [7, 11) is 5.35. The average molecular weight is 962 g/mol. The first-order valence-corrected chi connectivity index (χ1v) is 25.0. The highest BCUT2D eigenvalue weighted by atomic mass is 16.7. The SMILES string of the molecule is CC[C@H]1OC(=O)[C@H](C)C([C@H]2C[C@@](C)(OC)[C@@H](O)[C@H](C)O2)[C@H](C)[C@@H](O[C@@H]2O[C@H](C)C[C@H](N(C)CCc3cn(CCCOc4ccc(C)cc4)nn3)[C@H]2O)[C@](C)(O)C[C@@H](C)CN(C)[C@H](C)[C@@H](O)[C@]1(C)O. The fraction of sp³-hybridized carbons (Fsp3) is 0.824. The second kappa shape index (κ2) is 23.6. The van der Waals surface area contributed by atoms with Crippen molar-refractivity contribution in [3.8, 4) is 5.75 Å². The van der Waals surface area contributed by atoms with Crippen LogP contribution in [0.4, 0.5) is 0 Å². The number of aliphatic hydroxyl groups excluding tert-OH is 3. The Kier molecular flexibility index (Phi) is 19.5. The highest BCUT2D eigenvalue weighted by molar-refractivity contribution is 5.73. The van der Waals surface area contributed by atoms with E-state index in [2.05, 4.69) is 15.2 Å². The van der Waals surface area contributed by atoms with E-state index in [-0.39, 0.29) is 37.3 Å². The molecule has 3 aliphatic heterocycles. The van der Waals surface area contributed by atoms with E-state index in [1.807, 2.05) is 95.7 Å². The number of aryl methyl sites for hydroxylation is 2. The Morgan fingerprint density at radius 2 is 1.65 bits per heavy atom. The summed E-state index contributed by atoms with van der Waals surface area (Å²) < 4.78 is 39.9. The molecule has 0 saturated carbocycles. The summed E-state index contributed by atoms with van der Waals surface area (Å²) >= 11 is 0. The lowest BCUT2D eigenvalue weighted by molar-refractivity contribution is -0.302. The Labute approximate surface area is 405 Å². The molecule has 3 fully saturated rings. The number of rotatable bonds is 14. The minimum atomic E-state index is -1.81. The molecule has 1 unspecified atom stereocenters. The Hall–Kier alpha value is -2.81. The number of hydrogen-bond donors (Lipinski definition) is 5. The molecule has 68 heavy (non-hydrogen) atoms. The van der Waals surface area contributed by atoms with Crippen molar-refractivity contribution < 1.29 is 58.7 Å². The second-order valence-electron chi connectivity index (χ2n) is 21.5. The maximum atomic E-state index is 14.6. The maximum Gasteiger partial charge on any atom is 0.309 e. The monoisotopic (exact) mass is 962 g/mol. The molecule has 18 atom stereocenters. The Bertz CT molecular complexity index is 1870. The van der Waals surface area contributed by atoms with Gasteiger partial charge in [0.05, 0.1) is 53.8 Å². The Morgan fingerprint density at radius 3 is 2.29 bits per heavy atom. The van der Waals surface area contributed by atoms with Gasteiger partial charge < -0.3 is 63.8 Å². The summed E-state index contributed by atoms with van der Waals surface area (Å²) in [6.07, 6.45) is -3.87. The van der Waals surface area contributed by atoms with Gasteiger partial charge in [0, 0.05) is 70.2 Å². The fourth-order valence-electron chi connectivity index (χ4n) is 11.3. The van der Waals surface area contributed by atoms with Gasteiger partial charge in [-0.05, 0) is 106 Å². The van der Waals surface area contributed by atoms with E-state index in [0.717, 1.165) is 17.9 Å². The lowest BCUT2D eigenvalue weighted by Gasteiger charge is -2.51. The number of carbonyl (C=O) groups is 1. The summed E-state index contributed by atoms with van der Waals surface area (Å²) in [6.45, 7) is 22.3. The van der Waals surface area contributed by atoms with Gasteiger partial charge in [0.15, 0.2) is 6.29 Å². The number of nitrogens with zero attached hydrogens (tertiary/aromatic N) is 5. The minimum Gasteiger partial charge on any atom is -0.494 e. The largest absolute Gasteiger partial charge is 0.494 e. The van der Waals surface area contributed by atoms with Crippen molar-refractivity contribution >= 4 is 5.97 Å². The summed E-state index contributed by atoms with van der Waals surface area (Å²) in [6, 6.07) is 7.06. The van der Waals surface area contributed by atoms with Crippen LogP contribution in [0.2, 0.25) is 0 Å². The van der Waals surface area contributed by atoms with Crippen molar-refractivity contribution in [2.24, 2.45) is 23.7 Å². The third-order valence-corrected chi connectivity index (χ3v) is 15.6. The van der Waals surface area contributed by atoms with Crippen LogP contribution < -0.4 is 4.74 Å². The van der Waals surface area contributed by atoms with Crippen LogP contribution in [0.25, 0.3) is 0 Å². The van der Waals surface area contributed by atoms with Crippen LogP contribution in [0.5, 0.6) is 5.75 Å². The van der Waals surface area contributed by atoms with Crippen LogP contribution in [-0.2, 0) is 41.4 Å². The van der Waals surface area contributed by atoms with Gasteiger partial charge in [0.1, 0.15) is 35.8 Å². The van der Waals surface area contributed by atoms with Crippen LogP contribution in [0, 0.1) is 30.6 Å².